The lowest BCUT2D eigenvalue weighted by Crippen LogP contribution is -2.22. The van der Waals surface area contributed by atoms with Crippen LogP contribution in [0.25, 0.3) is 0 Å². The van der Waals surface area contributed by atoms with E-state index in [1.165, 1.54) is 11.7 Å². The van der Waals surface area contributed by atoms with E-state index in [0.717, 1.165) is 11.1 Å². The molecule has 30 heavy (non-hydrogen) atoms. The Morgan fingerprint density at radius 3 is 2.47 bits per heavy atom. The topological polar surface area (TPSA) is 103 Å². The maximum absolute atomic E-state index is 12.6. The number of halogens is 1. The fourth-order valence-electron chi connectivity index (χ4n) is 2.83. The van der Waals surface area contributed by atoms with Gasteiger partial charge in [0.2, 0.25) is 0 Å². The highest BCUT2D eigenvalue weighted by molar-refractivity contribution is 6.32. The van der Waals surface area contributed by atoms with E-state index in [-0.39, 0.29) is 24.0 Å². The summed E-state index contributed by atoms with van der Waals surface area (Å²) in [5.41, 5.74) is 2.50. The van der Waals surface area contributed by atoms with E-state index >= 15 is 0 Å². The summed E-state index contributed by atoms with van der Waals surface area (Å²) in [4.78, 5) is 24.6. The van der Waals surface area contributed by atoms with Crippen LogP contribution in [0.3, 0.4) is 0 Å². The average Bonchev–Trinajstić information content (AvgIpc) is 3.36. The van der Waals surface area contributed by atoms with Gasteiger partial charge in [-0.3, -0.25) is 14.3 Å². The van der Waals surface area contributed by atoms with Gasteiger partial charge in [0.1, 0.15) is 5.75 Å². The molecular weight excluding hydrogens is 408 g/mol. The second kappa shape index (κ2) is 9.00. The van der Waals surface area contributed by atoms with E-state index < -0.39 is 5.91 Å². The van der Waals surface area contributed by atoms with Crippen molar-refractivity contribution in [1.82, 2.24) is 24.9 Å². The largest absolute Gasteiger partial charge is 0.471 e. The maximum atomic E-state index is 12.6. The molecule has 2 aromatic heterocycles. The van der Waals surface area contributed by atoms with E-state index in [2.05, 4.69) is 20.8 Å². The third-order valence-electron chi connectivity index (χ3n) is 4.42. The fraction of sp³-hybridized carbons (Fsp3) is 0.300. The van der Waals surface area contributed by atoms with Gasteiger partial charge in [-0.05, 0) is 50.1 Å². The van der Waals surface area contributed by atoms with Gasteiger partial charge in [0.05, 0.1) is 5.69 Å². The lowest BCUT2D eigenvalue weighted by Gasteiger charge is -2.10. The molecular formula is C20H23ClN6O3. The van der Waals surface area contributed by atoms with Crippen molar-refractivity contribution in [2.45, 2.75) is 34.0 Å². The van der Waals surface area contributed by atoms with Crippen molar-refractivity contribution in [2.24, 2.45) is 0 Å². The highest BCUT2D eigenvalue weighted by atomic mass is 35.5. The van der Waals surface area contributed by atoms with Gasteiger partial charge in [0, 0.05) is 31.0 Å². The Balaban J connectivity index is 1.68. The van der Waals surface area contributed by atoms with Crippen LogP contribution in [0.4, 0.5) is 5.69 Å². The predicted octanol–water partition coefficient (Wildman–Crippen LogP) is 3.02. The molecule has 0 aliphatic heterocycles. The van der Waals surface area contributed by atoms with Gasteiger partial charge in [-0.15, -0.1) is 0 Å². The van der Waals surface area contributed by atoms with E-state index in [1.54, 1.807) is 23.1 Å². The van der Waals surface area contributed by atoms with E-state index in [4.69, 9.17) is 16.3 Å². The number of rotatable bonds is 7. The second-order valence-electron chi connectivity index (χ2n) is 6.67. The van der Waals surface area contributed by atoms with Crippen LogP contribution in [-0.4, -0.2) is 38.4 Å². The van der Waals surface area contributed by atoms with Crippen molar-refractivity contribution in [3.8, 4) is 5.75 Å². The van der Waals surface area contributed by atoms with Crippen LogP contribution in [0.5, 0.6) is 5.75 Å². The van der Waals surface area contributed by atoms with E-state index in [9.17, 15) is 9.59 Å². The Labute approximate surface area is 179 Å². The van der Waals surface area contributed by atoms with Crippen LogP contribution in [0.15, 0.2) is 30.6 Å². The van der Waals surface area contributed by atoms with E-state index in [1.807, 2.05) is 32.9 Å². The van der Waals surface area contributed by atoms with Crippen molar-refractivity contribution in [3.05, 3.63) is 58.1 Å². The summed E-state index contributed by atoms with van der Waals surface area (Å²) in [7, 11) is 1.50. The lowest BCUT2D eigenvalue weighted by atomic mass is 10.1. The Morgan fingerprint density at radius 2 is 1.83 bits per heavy atom. The first-order chi connectivity index (χ1) is 14.3. The van der Waals surface area contributed by atoms with Crippen LogP contribution < -0.4 is 15.4 Å². The Kier molecular flexibility index (Phi) is 6.41. The van der Waals surface area contributed by atoms with E-state index in [0.29, 0.717) is 23.0 Å². The van der Waals surface area contributed by atoms with Crippen LogP contribution in [-0.2, 0) is 13.3 Å². The minimum atomic E-state index is -0.451. The Bertz CT molecular complexity index is 1070. The molecule has 158 valence electrons. The standard InChI is InChI=1S/C20H23ClN6O3/c1-5-26-10-16(18(25-26)20(29)22-4)23-19(28)15-6-7-27(24-15)11-30-14-8-12(2)17(21)13(3)9-14/h6-10H,5,11H2,1-4H3,(H,22,29)(H,23,28). The van der Waals surface area contributed by atoms with Gasteiger partial charge in [-0.1, -0.05) is 11.6 Å². The molecule has 2 amide bonds. The summed E-state index contributed by atoms with van der Waals surface area (Å²) in [6.45, 7) is 6.40. The number of aromatic nitrogens is 4. The molecule has 0 saturated carbocycles. The number of nitrogens with one attached hydrogen (secondary N) is 2. The molecule has 0 saturated heterocycles. The minimum Gasteiger partial charge on any atom is -0.471 e. The number of anilines is 1. The molecule has 3 aromatic rings. The molecule has 0 fully saturated rings. The molecule has 1 aromatic carbocycles. The highest BCUT2D eigenvalue weighted by Crippen LogP contribution is 2.26. The number of ether oxygens (including phenoxy) is 1. The van der Waals surface area contributed by atoms with Crippen molar-refractivity contribution < 1.29 is 14.3 Å². The molecule has 0 radical (unpaired) electrons. The fourth-order valence-corrected chi connectivity index (χ4v) is 2.94. The first kappa shape index (κ1) is 21.4. The molecule has 3 rings (SSSR count). The quantitative estimate of drug-likeness (QED) is 0.599. The zero-order chi connectivity index (χ0) is 21.8. The maximum Gasteiger partial charge on any atom is 0.276 e. The molecule has 0 aliphatic rings. The SMILES string of the molecule is CCn1cc(NC(=O)c2ccn(COc3cc(C)c(Cl)c(C)c3)n2)c(C(=O)NC)n1. The molecule has 9 nitrogen and oxygen atoms in total. The van der Waals surface area contributed by atoms with Gasteiger partial charge >= 0.3 is 0 Å². The first-order valence-electron chi connectivity index (χ1n) is 9.36. The molecule has 2 N–H and O–H groups in total. The monoisotopic (exact) mass is 430 g/mol. The summed E-state index contributed by atoms with van der Waals surface area (Å²) in [5.74, 6) is -0.171. The number of carbonyl (C=O) groups excluding carboxylic acids is 2. The van der Waals surface area contributed by atoms with Gasteiger partial charge < -0.3 is 15.4 Å². The smallest absolute Gasteiger partial charge is 0.276 e. The molecule has 0 atom stereocenters. The van der Waals surface area contributed by atoms with Crippen molar-refractivity contribution >= 4 is 29.1 Å². The number of nitrogens with zero attached hydrogens (tertiary/aromatic N) is 4. The van der Waals surface area contributed by atoms with Crippen molar-refractivity contribution in [1.29, 1.82) is 0 Å². The van der Waals surface area contributed by atoms with Crippen LogP contribution >= 0.6 is 11.6 Å². The van der Waals surface area contributed by atoms with Gasteiger partial charge in [-0.25, -0.2) is 4.68 Å². The van der Waals surface area contributed by atoms with Crippen LogP contribution in [0, 0.1) is 13.8 Å². The Morgan fingerprint density at radius 1 is 1.13 bits per heavy atom. The Hall–Kier alpha value is -3.33. The summed E-state index contributed by atoms with van der Waals surface area (Å²) in [6, 6.07) is 5.26. The average molecular weight is 431 g/mol. The number of amides is 2. The molecule has 0 unspecified atom stereocenters. The van der Waals surface area contributed by atoms with Gasteiger partial charge in [0.25, 0.3) is 11.8 Å². The van der Waals surface area contributed by atoms with Crippen molar-refractivity contribution in [3.63, 3.8) is 0 Å². The molecule has 2 heterocycles. The highest BCUT2D eigenvalue weighted by Gasteiger charge is 2.19. The number of hydrogen-bond donors (Lipinski definition) is 2. The third kappa shape index (κ3) is 4.62. The zero-order valence-electron chi connectivity index (χ0n) is 17.2. The normalized spacial score (nSPS) is 10.7. The molecule has 10 heteroatoms. The van der Waals surface area contributed by atoms with Crippen molar-refractivity contribution in [2.75, 3.05) is 12.4 Å². The number of hydrogen-bond acceptors (Lipinski definition) is 5. The number of aryl methyl sites for hydroxylation is 3. The summed E-state index contributed by atoms with van der Waals surface area (Å²) >= 11 is 6.17. The summed E-state index contributed by atoms with van der Waals surface area (Å²) in [5, 5.41) is 14.3. The number of benzene rings is 1. The zero-order valence-corrected chi connectivity index (χ0v) is 17.9. The second-order valence-corrected chi connectivity index (χ2v) is 7.04. The molecule has 0 spiro atoms. The summed E-state index contributed by atoms with van der Waals surface area (Å²) < 4.78 is 8.82. The minimum absolute atomic E-state index is 0.130. The predicted molar refractivity (Wildman–Crippen MR) is 113 cm³/mol. The lowest BCUT2D eigenvalue weighted by molar-refractivity contribution is 0.0958. The van der Waals surface area contributed by atoms with Gasteiger partial charge in [0.15, 0.2) is 18.1 Å². The van der Waals surface area contributed by atoms with Crippen LogP contribution in [0.2, 0.25) is 5.02 Å². The molecule has 0 bridgehead atoms. The number of carbonyl (C=O) groups is 2. The molecule has 0 aliphatic carbocycles. The third-order valence-corrected chi connectivity index (χ3v) is 5.02. The first-order valence-corrected chi connectivity index (χ1v) is 9.74. The summed E-state index contributed by atoms with van der Waals surface area (Å²) in [6.07, 6.45) is 3.24. The van der Waals surface area contributed by atoms with Crippen LogP contribution in [0.1, 0.15) is 39.0 Å². The van der Waals surface area contributed by atoms with Gasteiger partial charge in [-0.2, -0.15) is 10.2 Å².